The van der Waals surface area contributed by atoms with E-state index in [0.29, 0.717) is 12.8 Å². The molecule has 0 saturated carbocycles. The fourth-order valence-corrected chi connectivity index (χ4v) is 1.40. The van der Waals surface area contributed by atoms with Gasteiger partial charge in [-0.2, -0.15) is 0 Å². The van der Waals surface area contributed by atoms with Gasteiger partial charge in [0.1, 0.15) is 0 Å². The van der Waals surface area contributed by atoms with Crippen LogP contribution in [0.3, 0.4) is 0 Å². The molecule has 0 bridgehead atoms. The van der Waals surface area contributed by atoms with Crippen LogP contribution in [0.2, 0.25) is 0 Å². The summed E-state index contributed by atoms with van der Waals surface area (Å²) in [7, 11) is 0. The molecule has 0 spiro atoms. The Balaban J connectivity index is 2.74. The highest BCUT2D eigenvalue weighted by molar-refractivity contribution is 5.68. The van der Waals surface area contributed by atoms with Crippen LogP contribution in [0.15, 0.2) is 24.3 Å². The van der Waals surface area contributed by atoms with Crippen molar-refractivity contribution in [2.75, 3.05) is 6.61 Å². The van der Waals surface area contributed by atoms with Gasteiger partial charge in [0, 0.05) is 19.0 Å². The van der Waals surface area contributed by atoms with Crippen molar-refractivity contribution in [1.29, 1.82) is 0 Å². The van der Waals surface area contributed by atoms with Gasteiger partial charge in [-0.25, -0.2) is 0 Å². The van der Waals surface area contributed by atoms with Crippen LogP contribution in [0.25, 0.3) is 0 Å². The highest BCUT2D eigenvalue weighted by Gasteiger charge is 2.01. The lowest BCUT2D eigenvalue weighted by Crippen LogP contribution is -2.24. The number of carboxylic acids is 1. The molecule has 0 unspecified atom stereocenters. The topological polar surface area (TPSA) is 60.4 Å². The molecule has 1 aromatic rings. The molecular weight excluding hydrogens is 180 g/mol. The van der Waals surface area contributed by atoms with E-state index in [2.05, 4.69) is 0 Å². The summed E-state index contributed by atoms with van der Waals surface area (Å²) in [5, 5.41) is 19.1. The zero-order chi connectivity index (χ0) is 10.4. The van der Waals surface area contributed by atoms with E-state index >= 15 is 0 Å². The van der Waals surface area contributed by atoms with Gasteiger partial charge >= 0.3 is 0 Å². The second kappa shape index (κ2) is 5.40. The van der Waals surface area contributed by atoms with Crippen LogP contribution in [0.4, 0.5) is 0 Å². The molecule has 76 valence electrons. The third-order valence-corrected chi connectivity index (χ3v) is 2.06. The molecule has 1 rings (SSSR count). The number of aliphatic carboxylic acids is 1. The SMILES string of the molecule is O=C([O-])Cc1ccccc1CCCO. The van der Waals surface area contributed by atoms with Crippen molar-refractivity contribution in [3.8, 4) is 0 Å². The summed E-state index contributed by atoms with van der Waals surface area (Å²) < 4.78 is 0. The van der Waals surface area contributed by atoms with Crippen LogP contribution in [0.1, 0.15) is 17.5 Å². The molecule has 0 saturated heterocycles. The maximum Gasteiger partial charge on any atom is 0.0458 e. The fourth-order valence-electron chi connectivity index (χ4n) is 1.40. The van der Waals surface area contributed by atoms with E-state index in [1.54, 1.807) is 12.1 Å². The Bertz CT molecular complexity index is 307. The standard InChI is InChI=1S/C11H14O3/c12-7-3-6-9-4-1-2-5-10(9)8-11(13)14/h1-2,4-5,12H,3,6-8H2,(H,13,14)/p-1. The number of carboxylic acid groups (broad SMARTS) is 1. The zero-order valence-corrected chi connectivity index (χ0v) is 7.90. The molecule has 0 atom stereocenters. The highest BCUT2D eigenvalue weighted by atomic mass is 16.4. The van der Waals surface area contributed by atoms with Crippen LogP contribution in [-0.4, -0.2) is 17.7 Å². The van der Waals surface area contributed by atoms with Crippen molar-refractivity contribution in [2.24, 2.45) is 0 Å². The number of aliphatic hydroxyl groups excluding tert-OH is 1. The number of hydrogen-bond acceptors (Lipinski definition) is 3. The van der Waals surface area contributed by atoms with Crippen LogP contribution in [0, 0.1) is 0 Å². The maximum absolute atomic E-state index is 10.4. The average molecular weight is 193 g/mol. The Labute approximate surface area is 83.0 Å². The average Bonchev–Trinajstić information content (AvgIpc) is 2.16. The molecule has 0 fully saturated rings. The second-order valence-corrected chi connectivity index (χ2v) is 3.14. The van der Waals surface area contributed by atoms with Gasteiger partial charge in [-0.3, -0.25) is 0 Å². The van der Waals surface area contributed by atoms with E-state index in [9.17, 15) is 9.90 Å². The molecule has 0 heterocycles. The first kappa shape index (κ1) is 10.7. The molecular formula is C11H13O3-. The summed E-state index contributed by atoms with van der Waals surface area (Å²) in [5.41, 5.74) is 1.76. The monoisotopic (exact) mass is 193 g/mol. The largest absolute Gasteiger partial charge is 0.550 e. The Morgan fingerprint density at radius 1 is 1.29 bits per heavy atom. The molecule has 1 aromatic carbocycles. The van der Waals surface area contributed by atoms with Crippen molar-refractivity contribution in [1.82, 2.24) is 0 Å². The van der Waals surface area contributed by atoms with Crippen LogP contribution < -0.4 is 5.11 Å². The molecule has 0 aliphatic carbocycles. The minimum atomic E-state index is -1.07. The third kappa shape index (κ3) is 3.18. The highest BCUT2D eigenvalue weighted by Crippen LogP contribution is 2.11. The predicted octanol–water partition coefficient (Wildman–Crippen LogP) is -0.0961. The predicted molar refractivity (Wildman–Crippen MR) is 50.6 cm³/mol. The summed E-state index contributed by atoms with van der Waals surface area (Å²) in [6, 6.07) is 7.34. The zero-order valence-electron chi connectivity index (χ0n) is 7.90. The Morgan fingerprint density at radius 3 is 2.50 bits per heavy atom. The molecule has 0 radical (unpaired) electrons. The van der Waals surface area contributed by atoms with E-state index in [4.69, 9.17) is 5.11 Å². The Hall–Kier alpha value is -1.35. The quantitative estimate of drug-likeness (QED) is 0.710. The second-order valence-electron chi connectivity index (χ2n) is 3.14. The normalized spacial score (nSPS) is 10.1. The minimum Gasteiger partial charge on any atom is -0.550 e. The van der Waals surface area contributed by atoms with Gasteiger partial charge in [0.05, 0.1) is 0 Å². The van der Waals surface area contributed by atoms with Crippen molar-refractivity contribution >= 4 is 5.97 Å². The molecule has 3 heteroatoms. The summed E-state index contributed by atoms with van der Waals surface area (Å²) in [6.07, 6.45) is 1.31. The summed E-state index contributed by atoms with van der Waals surface area (Å²) in [4.78, 5) is 10.4. The smallest absolute Gasteiger partial charge is 0.0458 e. The van der Waals surface area contributed by atoms with E-state index in [1.165, 1.54) is 0 Å². The first-order chi connectivity index (χ1) is 6.74. The number of rotatable bonds is 5. The third-order valence-electron chi connectivity index (χ3n) is 2.06. The van der Waals surface area contributed by atoms with Gasteiger partial charge < -0.3 is 15.0 Å². The molecule has 0 aliphatic heterocycles. The summed E-state index contributed by atoms with van der Waals surface area (Å²) in [6.45, 7) is 0.125. The first-order valence-electron chi connectivity index (χ1n) is 4.61. The fraction of sp³-hybridized carbons (Fsp3) is 0.364. The van der Waals surface area contributed by atoms with Gasteiger partial charge in [-0.05, 0) is 24.0 Å². The maximum atomic E-state index is 10.4. The first-order valence-corrected chi connectivity index (χ1v) is 4.61. The molecule has 3 nitrogen and oxygen atoms in total. The number of hydrogen-bond donors (Lipinski definition) is 1. The lowest BCUT2D eigenvalue weighted by atomic mass is 10.0. The number of aliphatic hydroxyl groups is 1. The Kier molecular flexibility index (Phi) is 4.13. The van der Waals surface area contributed by atoms with Crippen LogP contribution >= 0.6 is 0 Å². The van der Waals surface area contributed by atoms with E-state index < -0.39 is 5.97 Å². The van der Waals surface area contributed by atoms with E-state index in [-0.39, 0.29) is 13.0 Å². The van der Waals surface area contributed by atoms with Gasteiger partial charge in [0.2, 0.25) is 0 Å². The minimum absolute atomic E-state index is 0.0540. The van der Waals surface area contributed by atoms with Crippen LogP contribution in [-0.2, 0) is 17.6 Å². The van der Waals surface area contributed by atoms with Crippen molar-refractivity contribution in [3.05, 3.63) is 35.4 Å². The molecule has 0 aliphatic rings. The molecule has 0 amide bonds. The summed E-state index contributed by atoms with van der Waals surface area (Å²) >= 11 is 0. The van der Waals surface area contributed by atoms with Gasteiger partial charge in [0.25, 0.3) is 0 Å². The van der Waals surface area contributed by atoms with Gasteiger partial charge in [-0.15, -0.1) is 0 Å². The Morgan fingerprint density at radius 2 is 1.93 bits per heavy atom. The molecule has 14 heavy (non-hydrogen) atoms. The van der Waals surface area contributed by atoms with Crippen molar-refractivity contribution in [3.63, 3.8) is 0 Å². The molecule has 1 N–H and O–H groups in total. The number of carbonyl (C=O) groups is 1. The summed E-state index contributed by atoms with van der Waals surface area (Å²) in [5.74, 6) is -1.07. The van der Waals surface area contributed by atoms with Crippen LogP contribution in [0.5, 0.6) is 0 Å². The number of carbonyl (C=O) groups excluding carboxylic acids is 1. The van der Waals surface area contributed by atoms with Gasteiger partial charge in [0.15, 0.2) is 0 Å². The van der Waals surface area contributed by atoms with E-state index in [0.717, 1.165) is 11.1 Å². The number of benzene rings is 1. The van der Waals surface area contributed by atoms with Crippen molar-refractivity contribution in [2.45, 2.75) is 19.3 Å². The lowest BCUT2D eigenvalue weighted by Gasteiger charge is -2.08. The molecule has 0 aromatic heterocycles. The van der Waals surface area contributed by atoms with E-state index in [1.807, 2.05) is 12.1 Å². The lowest BCUT2D eigenvalue weighted by molar-refractivity contribution is -0.304. The number of aryl methyl sites for hydroxylation is 1. The van der Waals surface area contributed by atoms with Gasteiger partial charge in [-0.1, -0.05) is 24.3 Å². The van der Waals surface area contributed by atoms with Crippen molar-refractivity contribution < 1.29 is 15.0 Å².